The van der Waals surface area contributed by atoms with Gasteiger partial charge in [-0.2, -0.15) is 0 Å². The van der Waals surface area contributed by atoms with Gasteiger partial charge in [0.25, 0.3) is 5.91 Å². The monoisotopic (exact) mass is 449 g/mol. The lowest BCUT2D eigenvalue weighted by Crippen LogP contribution is -2.17. The third-order valence-corrected chi connectivity index (χ3v) is 6.05. The summed E-state index contributed by atoms with van der Waals surface area (Å²) >= 11 is 6.11. The summed E-state index contributed by atoms with van der Waals surface area (Å²) in [5.74, 6) is 0.836. The van der Waals surface area contributed by atoms with Crippen molar-refractivity contribution in [1.82, 2.24) is 9.55 Å². The van der Waals surface area contributed by atoms with Crippen LogP contribution in [0.1, 0.15) is 42.3 Å². The number of hydrogen-bond acceptors (Lipinski definition) is 3. The predicted octanol–water partition coefficient (Wildman–Crippen LogP) is 6.97. The lowest BCUT2D eigenvalue weighted by atomic mass is 10.1. The highest BCUT2D eigenvalue weighted by Gasteiger charge is 2.29. The van der Waals surface area contributed by atoms with Crippen molar-refractivity contribution in [1.29, 1.82) is 0 Å². The van der Waals surface area contributed by atoms with E-state index in [1.165, 1.54) is 18.4 Å². The number of benzene rings is 2. The molecular formula is C25H21ClFN3O2. The van der Waals surface area contributed by atoms with Crippen LogP contribution in [0.5, 0.6) is 0 Å². The average molecular weight is 450 g/mol. The highest BCUT2D eigenvalue weighted by atomic mass is 35.5. The van der Waals surface area contributed by atoms with Gasteiger partial charge in [-0.3, -0.25) is 4.79 Å². The first-order valence-electron chi connectivity index (χ1n) is 10.6. The van der Waals surface area contributed by atoms with Crippen molar-refractivity contribution in [3.63, 3.8) is 0 Å². The minimum absolute atomic E-state index is 0.189. The second kappa shape index (κ2) is 8.63. The van der Waals surface area contributed by atoms with Gasteiger partial charge in [-0.15, -0.1) is 0 Å². The summed E-state index contributed by atoms with van der Waals surface area (Å²) in [6.45, 7) is 0. The molecule has 1 aliphatic carbocycles. The molecule has 0 bridgehead atoms. The first-order chi connectivity index (χ1) is 15.6. The molecule has 0 atom stereocenters. The molecule has 1 aliphatic rings. The maximum Gasteiger partial charge on any atom is 0.292 e. The molecule has 5 nitrogen and oxygen atoms in total. The van der Waals surface area contributed by atoms with E-state index < -0.39 is 0 Å². The highest BCUT2D eigenvalue weighted by molar-refractivity contribution is 6.30. The van der Waals surface area contributed by atoms with Crippen LogP contribution in [0.25, 0.3) is 22.6 Å². The Morgan fingerprint density at radius 3 is 2.38 bits per heavy atom. The van der Waals surface area contributed by atoms with Crippen molar-refractivity contribution in [2.24, 2.45) is 0 Å². The lowest BCUT2D eigenvalue weighted by Gasteiger charge is -2.19. The first kappa shape index (κ1) is 20.5. The standard InChI is InChI=1S/C25H21ClFN3O2/c26-18-11-7-17(8-12-18)23-28-22(16-9-13-19(27)14-10-16)24(30(23)20-4-1-2-5-20)29-25(31)21-6-3-15-32-21/h3,6-15,20H,1-2,4-5H2,(H,29,31). The fourth-order valence-corrected chi connectivity index (χ4v) is 4.38. The van der Waals surface area contributed by atoms with Crippen molar-refractivity contribution in [3.8, 4) is 22.6 Å². The second-order valence-electron chi connectivity index (χ2n) is 7.89. The van der Waals surface area contributed by atoms with Crippen LogP contribution in [0, 0.1) is 5.82 Å². The number of imidazole rings is 1. The van der Waals surface area contributed by atoms with Crippen molar-refractivity contribution in [3.05, 3.63) is 83.5 Å². The Morgan fingerprint density at radius 2 is 1.72 bits per heavy atom. The van der Waals surface area contributed by atoms with Crippen molar-refractivity contribution < 1.29 is 13.6 Å². The number of nitrogens with one attached hydrogen (secondary N) is 1. The minimum Gasteiger partial charge on any atom is -0.459 e. The van der Waals surface area contributed by atoms with Crippen LogP contribution in [-0.4, -0.2) is 15.5 Å². The van der Waals surface area contributed by atoms with E-state index in [4.69, 9.17) is 21.0 Å². The topological polar surface area (TPSA) is 60.1 Å². The van der Waals surface area contributed by atoms with Crippen LogP contribution in [0.2, 0.25) is 5.02 Å². The number of rotatable bonds is 5. The SMILES string of the molecule is O=C(Nc1c(-c2ccc(F)cc2)nc(-c2ccc(Cl)cc2)n1C1CCCC1)c1ccco1. The van der Waals surface area contributed by atoms with E-state index in [0.29, 0.717) is 22.1 Å². The molecule has 1 saturated carbocycles. The van der Waals surface area contributed by atoms with Gasteiger partial charge in [0.15, 0.2) is 5.76 Å². The smallest absolute Gasteiger partial charge is 0.292 e. The molecule has 2 aromatic carbocycles. The van der Waals surface area contributed by atoms with Crippen LogP contribution < -0.4 is 5.32 Å². The summed E-state index contributed by atoms with van der Waals surface area (Å²) in [4.78, 5) is 17.9. The second-order valence-corrected chi connectivity index (χ2v) is 8.32. The minimum atomic E-state index is -0.361. The zero-order valence-electron chi connectivity index (χ0n) is 17.2. The third-order valence-electron chi connectivity index (χ3n) is 5.80. The van der Waals surface area contributed by atoms with E-state index in [1.54, 1.807) is 24.3 Å². The molecule has 0 aliphatic heterocycles. The molecule has 7 heteroatoms. The Bertz CT molecular complexity index is 1230. The van der Waals surface area contributed by atoms with Crippen LogP contribution in [-0.2, 0) is 0 Å². The molecule has 2 heterocycles. The summed E-state index contributed by atoms with van der Waals surface area (Å²) in [6.07, 6.45) is 5.66. The number of amides is 1. The number of aromatic nitrogens is 2. The molecule has 1 fully saturated rings. The van der Waals surface area contributed by atoms with Crippen LogP contribution >= 0.6 is 11.6 Å². The third kappa shape index (κ3) is 3.94. The molecule has 32 heavy (non-hydrogen) atoms. The van der Waals surface area contributed by atoms with E-state index in [9.17, 15) is 9.18 Å². The molecule has 0 unspecified atom stereocenters. The molecule has 5 rings (SSSR count). The number of carbonyl (C=O) groups is 1. The van der Waals surface area contributed by atoms with Gasteiger partial charge < -0.3 is 14.3 Å². The lowest BCUT2D eigenvalue weighted by molar-refractivity contribution is 0.0995. The van der Waals surface area contributed by atoms with E-state index in [0.717, 1.165) is 37.1 Å². The Hall–Kier alpha value is -3.38. The maximum absolute atomic E-state index is 13.6. The van der Waals surface area contributed by atoms with Gasteiger partial charge in [0.1, 0.15) is 23.2 Å². The Kier molecular flexibility index (Phi) is 5.53. The quantitative estimate of drug-likeness (QED) is 0.358. The molecule has 0 radical (unpaired) electrons. The van der Waals surface area contributed by atoms with Crippen LogP contribution in [0.3, 0.4) is 0 Å². The maximum atomic E-state index is 13.6. The van der Waals surface area contributed by atoms with E-state index in [1.807, 2.05) is 24.3 Å². The van der Waals surface area contributed by atoms with E-state index in [-0.39, 0.29) is 23.5 Å². The van der Waals surface area contributed by atoms with E-state index >= 15 is 0 Å². The molecule has 162 valence electrons. The summed E-state index contributed by atoms with van der Waals surface area (Å²) < 4.78 is 21.0. The zero-order valence-corrected chi connectivity index (χ0v) is 18.0. The largest absolute Gasteiger partial charge is 0.459 e. The normalized spacial score (nSPS) is 14.1. The number of anilines is 1. The molecule has 4 aromatic rings. The summed E-state index contributed by atoms with van der Waals surface area (Å²) in [7, 11) is 0. The predicted molar refractivity (Wildman–Crippen MR) is 122 cm³/mol. The fraction of sp³-hybridized carbons (Fsp3) is 0.200. The number of halogens is 2. The number of carbonyl (C=O) groups excluding carboxylic acids is 1. The number of hydrogen-bond donors (Lipinski definition) is 1. The molecule has 1 amide bonds. The average Bonchev–Trinajstić information content (AvgIpc) is 3.56. The molecule has 0 saturated heterocycles. The Labute approximate surface area is 189 Å². The van der Waals surface area contributed by atoms with Gasteiger partial charge in [-0.25, -0.2) is 9.37 Å². The van der Waals surface area contributed by atoms with Crippen LogP contribution in [0.4, 0.5) is 10.2 Å². The van der Waals surface area contributed by atoms with Crippen molar-refractivity contribution in [2.75, 3.05) is 5.32 Å². The molecular weight excluding hydrogens is 429 g/mol. The highest BCUT2D eigenvalue weighted by Crippen LogP contribution is 2.41. The van der Waals surface area contributed by atoms with Crippen LogP contribution in [0.15, 0.2) is 71.3 Å². The van der Waals surface area contributed by atoms with Gasteiger partial charge in [-0.1, -0.05) is 24.4 Å². The Morgan fingerprint density at radius 1 is 1.03 bits per heavy atom. The molecule has 1 N–H and O–H groups in total. The van der Waals surface area contributed by atoms with Gasteiger partial charge >= 0.3 is 0 Å². The number of furan rings is 1. The summed E-state index contributed by atoms with van der Waals surface area (Å²) in [5.41, 5.74) is 2.19. The molecule has 2 aromatic heterocycles. The van der Waals surface area contributed by atoms with Crippen molar-refractivity contribution in [2.45, 2.75) is 31.7 Å². The van der Waals surface area contributed by atoms with Gasteiger partial charge in [0.05, 0.1) is 6.26 Å². The summed E-state index contributed by atoms with van der Waals surface area (Å²) in [6, 6.07) is 17.1. The fourth-order valence-electron chi connectivity index (χ4n) is 4.26. The molecule has 0 spiro atoms. The summed E-state index contributed by atoms with van der Waals surface area (Å²) in [5, 5.41) is 3.66. The Balaban J connectivity index is 1.70. The number of nitrogens with zero attached hydrogens (tertiary/aromatic N) is 2. The van der Waals surface area contributed by atoms with Gasteiger partial charge in [-0.05, 0) is 73.5 Å². The van der Waals surface area contributed by atoms with Crippen molar-refractivity contribution >= 4 is 23.3 Å². The van der Waals surface area contributed by atoms with Gasteiger partial charge in [0.2, 0.25) is 0 Å². The van der Waals surface area contributed by atoms with Gasteiger partial charge in [0, 0.05) is 22.2 Å². The van der Waals surface area contributed by atoms with E-state index in [2.05, 4.69) is 9.88 Å². The first-order valence-corrected chi connectivity index (χ1v) is 11.0. The zero-order chi connectivity index (χ0) is 22.1.